The number of methoxy groups -OCH3 is 2. The van der Waals surface area contributed by atoms with Gasteiger partial charge in [0.05, 0.1) is 29.6 Å². The van der Waals surface area contributed by atoms with Crippen molar-refractivity contribution in [3.05, 3.63) is 127 Å². The number of hydrogen-bond donors (Lipinski definition) is 2. The molecule has 0 aliphatic carbocycles. The molecule has 65 heavy (non-hydrogen) atoms. The zero-order valence-electron chi connectivity index (χ0n) is 38.3. The van der Waals surface area contributed by atoms with Crippen molar-refractivity contribution in [2.45, 2.75) is 102 Å². The number of nitrogens with zero attached hydrogens (tertiary/aromatic N) is 3. The summed E-state index contributed by atoms with van der Waals surface area (Å²) in [6, 6.07) is 31.2. The van der Waals surface area contributed by atoms with Crippen LogP contribution in [0.15, 0.2) is 120 Å². The second-order valence-corrected chi connectivity index (χ2v) is 18.4. The van der Waals surface area contributed by atoms with Gasteiger partial charge in [-0.05, 0) is 101 Å². The second kappa shape index (κ2) is 19.9. The highest BCUT2D eigenvalue weighted by atomic mass is 16.5. The summed E-state index contributed by atoms with van der Waals surface area (Å²) in [5, 5.41) is 5.98. The van der Waals surface area contributed by atoms with Crippen LogP contribution in [0.2, 0.25) is 0 Å². The van der Waals surface area contributed by atoms with Gasteiger partial charge in [-0.3, -0.25) is 19.2 Å². The molecule has 0 spiro atoms. The van der Waals surface area contributed by atoms with Crippen molar-refractivity contribution >= 4 is 35.0 Å². The molecule has 342 valence electrons. The summed E-state index contributed by atoms with van der Waals surface area (Å²) >= 11 is 0. The Morgan fingerprint density at radius 1 is 0.600 bits per heavy atom. The molecule has 2 aliphatic rings. The van der Waals surface area contributed by atoms with E-state index in [9.17, 15) is 19.2 Å². The molecular formula is C51H59N5O9. The molecule has 6 atom stereocenters. The Kier molecular flexibility index (Phi) is 14.3. The van der Waals surface area contributed by atoms with Crippen molar-refractivity contribution in [3.63, 3.8) is 0 Å². The molecule has 2 fully saturated rings. The summed E-state index contributed by atoms with van der Waals surface area (Å²) in [5.41, 5.74) is 2.99. The van der Waals surface area contributed by atoms with Crippen molar-refractivity contribution in [2.75, 3.05) is 37.9 Å². The van der Waals surface area contributed by atoms with Crippen LogP contribution in [0.25, 0.3) is 22.8 Å². The highest BCUT2D eigenvalue weighted by Gasteiger charge is 2.45. The van der Waals surface area contributed by atoms with Crippen LogP contribution in [0.3, 0.4) is 0 Å². The average Bonchev–Trinajstić information content (AvgIpc) is 4.04. The molecule has 2 N–H and O–H groups in total. The predicted molar refractivity (Wildman–Crippen MR) is 247 cm³/mol. The van der Waals surface area contributed by atoms with Crippen LogP contribution in [0.4, 0.5) is 11.4 Å². The first-order chi connectivity index (χ1) is 31.0. The molecule has 14 nitrogen and oxygen atoms in total. The van der Waals surface area contributed by atoms with Gasteiger partial charge in [0.1, 0.15) is 12.1 Å². The highest BCUT2D eigenvalue weighted by molar-refractivity contribution is 5.99. The number of likely N-dealkylation sites (tertiary alicyclic amines) is 2. The van der Waals surface area contributed by atoms with Gasteiger partial charge in [0, 0.05) is 62.7 Å². The van der Waals surface area contributed by atoms with Crippen molar-refractivity contribution < 1.29 is 42.5 Å². The van der Waals surface area contributed by atoms with E-state index in [2.05, 4.69) is 15.6 Å². The topological polar surface area (TPSA) is 162 Å². The summed E-state index contributed by atoms with van der Waals surface area (Å²) in [6.07, 6.45) is -0.108. The third kappa shape index (κ3) is 11.6. The van der Waals surface area contributed by atoms with Gasteiger partial charge in [0.15, 0.2) is 18.0 Å². The standard InChI is InChI=1S/C51H59N5O9/c1-50(2,3)64-38-27-40(55(30-38)48(59)43(61-7)33-15-11-9-12-16-33)45(57)53-36-23-19-32(20-24-36)42-29-52-47(63-42)35-21-25-37(26-22-35)54-46(58)41-28-39(65-51(4,5)6)31-56(41)49(60)44(62-8)34-17-13-10-14-18-34/h9-26,29,38-41,43-44H,27-28,30-31H2,1-8H3,(H,53,57)(H,54,58)/t38-,39-,40+,41+,43?,44?/m1/s1. The van der Waals surface area contributed by atoms with E-state index in [1.807, 2.05) is 114 Å². The van der Waals surface area contributed by atoms with Gasteiger partial charge in [-0.2, -0.15) is 0 Å². The zero-order chi connectivity index (χ0) is 46.5. The quantitative estimate of drug-likeness (QED) is 0.111. The lowest BCUT2D eigenvalue weighted by molar-refractivity contribution is -0.146. The summed E-state index contributed by atoms with van der Waals surface area (Å²) in [7, 11) is 2.97. The zero-order valence-corrected chi connectivity index (χ0v) is 38.3. The minimum atomic E-state index is -0.868. The third-order valence-corrected chi connectivity index (χ3v) is 11.2. The summed E-state index contributed by atoms with van der Waals surface area (Å²) in [6.45, 7) is 12.2. The molecule has 2 aliphatic heterocycles. The van der Waals surface area contributed by atoms with Gasteiger partial charge in [-0.1, -0.05) is 60.7 Å². The van der Waals surface area contributed by atoms with E-state index in [0.717, 1.165) is 5.56 Å². The van der Waals surface area contributed by atoms with Gasteiger partial charge in [-0.15, -0.1) is 0 Å². The van der Waals surface area contributed by atoms with Crippen LogP contribution in [0.1, 0.15) is 77.7 Å². The van der Waals surface area contributed by atoms with Crippen LogP contribution in [0.5, 0.6) is 0 Å². The molecule has 14 heteroatoms. The van der Waals surface area contributed by atoms with Crippen LogP contribution in [-0.4, -0.2) is 101 Å². The van der Waals surface area contributed by atoms with E-state index in [-0.39, 0.29) is 48.9 Å². The molecule has 0 radical (unpaired) electrons. The summed E-state index contributed by atoms with van der Waals surface area (Å²) in [5.74, 6) is -0.384. The van der Waals surface area contributed by atoms with Gasteiger partial charge in [0.25, 0.3) is 11.8 Å². The average molecular weight is 886 g/mol. The lowest BCUT2D eigenvalue weighted by atomic mass is 10.1. The largest absolute Gasteiger partial charge is 0.436 e. The predicted octanol–water partition coefficient (Wildman–Crippen LogP) is 8.23. The maximum Gasteiger partial charge on any atom is 0.257 e. The molecule has 7 rings (SSSR count). The fourth-order valence-electron chi connectivity index (χ4n) is 8.47. The molecule has 4 aromatic carbocycles. The lowest BCUT2D eigenvalue weighted by Gasteiger charge is -2.28. The molecule has 2 saturated heterocycles. The van der Waals surface area contributed by atoms with Crippen molar-refractivity contribution in [3.8, 4) is 22.8 Å². The Morgan fingerprint density at radius 2 is 1.00 bits per heavy atom. The number of ether oxygens (including phenoxy) is 4. The van der Waals surface area contributed by atoms with Crippen LogP contribution >= 0.6 is 0 Å². The minimum absolute atomic E-state index is 0.254. The van der Waals surface area contributed by atoms with E-state index in [1.165, 1.54) is 14.2 Å². The number of anilines is 2. The number of amides is 4. The summed E-state index contributed by atoms with van der Waals surface area (Å²) < 4.78 is 29.9. The molecule has 2 unspecified atom stereocenters. The van der Waals surface area contributed by atoms with Crippen molar-refractivity contribution in [2.24, 2.45) is 0 Å². The number of carbonyl (C=O) groups is 4. The number of oxazole rings is 1. The molecule has 1 aromatic heterocycles. The number of benzene rings is 4. The smallest absolute Gasteiger partial charge is 0.257 e. The lowest BCUT2D eigenvalue weighted by Crippen LogP contribution is -2.45. The Balaban J connectivity index is 0.993. The van der Waals surface area contributed by atoms with E-state index >= 15 is 0 Å². The van der Waals surface area contributed by atoms with Gasteiger partial charge < -0.3 is 43.8 Å². The molecule has 5 aromatic rings. The van der Waals surface area contributed by atoms with Crippen LogP contribution in [0, 0.1) is 0 Å². The highest BCUT2D eigenvalue weighted by Crippen LogP contribution is 2.33. The fourth-order valence-corrected chi connectivity index (χ4v) is 8.47. The molecular weight excluding hydrogens is 827 g/mol. The van der Waals surface area contributed by atoms with E-state index < -0.39 is 35.5 Å². The van der Waals surface area contributed by atoms with Gasteiger partial charge >= 0.3 is 0 Å². The van der Waals surface area contributed by atoms with Crippen molar-refractivity contribution in [1.82, 2.24) is 14.8 Å². The number of nitrogens with one attached hydrogen (secondary N) is 2. The number of hydrogen-bond acceptors (Lipinski definition) is 10. The monoisotopic (exact) mass is 885 g/mol. The number of rotatable bonds is 14. The van der Waals surface area contributed by atoms with Crippen LogP contribution in [-0.2, 0) is 38.1 Å². The number of carbonyl (C=O) groups excluding carboxylic acids is 4. The maximum atomic E-state index is 13.9. The second-order valence-electron chi connectivity index (χ2n) is 18.4. The Hall–Kier alpha value is -6.19. The molecule has 3 heterocycles. The van der Waals surface area contributed by atoms with Crippen molar-refractivity contribution in [1.29, 1.82) is 0 Å². The summed E-state index contributed by atoms with van der Waals surface area (Å²) in [4.78, 5) is 63.2. The normalized spacial score (nSPS) is 19.8. The Morgan fingerprint density at radius 3 is 1.38 bits per heavy atom. The van der Waals surface area contributed by atoms with Crippen LogP contribution < -0.4 is 10.6 Å². The first-order valence-electron chi connectivity index (χ1n) is 21.9. The number of aromatic nitrogens is 1. The molecule has 4 amide bonds. The first kappa shape index (κ1) is 46.8. The maximum absolute atomic E-state index is 13.9. The third-order valence-electron chi connectivity index (χ3n) is 11.2. The molecule has 0 saturated carbocycles. The van der Waals surface area contributed by atoms with E-state index in [1.54, 1.807) is 52.4 Å². The first-order valence-corrected chi connectivity index (χ1v) is 21.9. The fraction of sp³-hybridized carbons (Fsp3) is 0.392. The molecule has 0 bridgehead atoms. The van der Waals surface area contributed by atoms with Gasteiger partial charge in [0.2, 0.25) is 17.7 Å². The van der Waals surface area contributed by atoms with E-state index in [0.29, 0.717) is 52.6 Å². The Labute approximate surface area is 380 Å². The SMILES string of the molecule is COC(C(=O)N1C[C@H](OC(C)(C)C)C[C@H]1C(=O)Nc1ccc(-c2cnc(-c3ccc(NC(=O)[C@@H]4C[C@@H](OC(C)(C)C)CN4C(=O)C(OC)c4ccccc4)cc3)o2)cc1)c1ccccc1. The van der Waals surface area contributed by atoms with Gasteiger partial charge in [-0.25, -0.2) is 4.98 Å². The Bertz CT molecular complexity index is 2240. The van der Waals surface area contributed by atoms with E-state index in [4.69, 9.17) is 23.4 Å². The minimum Gasteiger partial charge on any atom is -0.436 e.